The third kappa shape index (κ3) is 8.64. The molecule has 0 fully saturated rings. The summed E-state index contributed by atoms with van der Waals surface area (Å²) >= 11 is 12.5. The van der Waals surface area contributed by atoms with E-state index in [1.165, 1.54) is 6.21 Å². The van der Waals surface area contributed by atoms with E-state index in [4.69, 9.17) is 42.1 Å². The standard InChI is InChI=1S/C32H30Cl2N2O5/c1-3-38-29-17-23(10-15-28(29)40-20-22-8-6-5-7-9-22)21-41-31-27(34)16-24(18-30(31)39-4-2)19-35-36-32(37)25-11-13-26(33)14-12-25/h5-19H,3-4,20-21H2,1-2H3,(H,36,37)/b35-19+. The second-order valence-electron chi connectivity index (χ2n) is 8.75. The Labute approximate surface area is 249 Å². The maximum atomic E-state index is 12.3. The van der Waals surface area contributed by atoms with Gasteiger partial charge in [0, 0.05) is 10.6 Å². The number of benzene rings is 4. The summed E-state index contributed by atoms with van der Waals surface area (Å²) in [6, 6.07) is 25.6. The first-order chi connectivity index (χ1) is 20.0. The first-order valence-electron chi connectivity index (χ1n) is 13.1. The van der Waals surface area contributed by atoms with E-state index < -0.39 is 0 Å². The minimum atomic E-state index is -0.364. The Hall–Kier alpha value is -4.20. The lowest BCUT2D eigenvalue weighted by atomic mass is 10.2. The van der Waals surface area contributed by atoms with Gasteiger partial charge in [0.1, 0.15) is 13.2 Å². The highest BCUT2D eigenvalue weighted by Gasteiger charge is 2.14. The number of hydrogen-bond donors (Lipinski definition) is 1. The molecule has 0 bridgehead atoms. The van der Waals surface area contributed by atoms with Gasteiger partial charge in [-0.05, 0) is 79.1 Å². The van der Waals surface area contributed by atoms with E-state index in [0.717, 1.165) is 11.1 Å². The summed E-state index contributed by atoms with van der Waals surface area (Å²) in [6.45, 7) is 5.35. The molecule has 7 nitrogen and oxygen atoms in total. The summed E-state index contributed by atoms with van der Waals surface area (Å²) < 4.78 is 23.7. The van der Waals surface area contributed by atoms with Crippen molar-refractivity contribution < 1.29 is 23.7 Å². The Kier molecular flexibility index (Phi) is 10.9. The summed E-state index contributed by atoms with van der Waals surface area (Å²) in [7, 11) is 0. The number of hydrazone groups is 1. The zero-order valence-electron chi connectivity index (χ0n) is 22.7. The minimum Gasteiger partial charge on any atom is -0.490 e. The number of carbonyl (C=O) groups is 1. The van der Waals surface area contributed by atoms with Gasteiger partial charge in [0.15, 0.2) is 23.0 Å². The van der Waals surface area contributed by atoms with Gasteiger partial charge in [0.2, 0.25) is 0 Å². The molecule has 0 aromatic heterocycles. The van der Waals surface area contributed by atoms with Gasteiger partial charge < -0.3 is 18.9 Å². The van der Waals surface area contributed by atoms with Crippen LogP contribution in [0.4, 0.5) is 0 Å². The molecule has 0 saturated heterocycles. The predicted molar refractivity (Wildman–Crippen MR) is 162 cm³/mol. The highest BCUT2D eigenvalue weighted by molar-refractivity contribution is 6.32. The molecule has 1 N–H and O–H groups in total. The molecule has 41 heavy (non-hydrogen) atoms. The van der Waals surface area contributed by atoms with Crippen molar-refractivity contribution >= 4 is 35.3 Å². The van der Waals surface area contributed by atoms with Crippen LogP contribution in [0.25, 0.3) is 0 Å². The molecular weight excluding hydrogens is 563 g/mol. The maximum absolute atomic E-state index is 12.3. The molecule has 0 unspecified atom stereocenters. The number of amides is 1. The number of nitrogens with one attached hydrogen (secondary N) is 1. The van der Waals surface area contributed by atoms with Gasteiger partial charge in [0.05, 0.1) is 24.5 Å². The molecule has 0 radical (unpaired) electrons. The molecular formula is C32H30Cl2N2O5. The number of rotatable bonds is 13. The average molecular weight is 594 g/mol. The van der Waals surface area contributed by atoms with Crippen molar-refractivity contribution in [3.05, 3.63) is 117 Å². The van der Waals surface area contributed by atoms with Gasteiger partial charge in [-0.25, -0.2) is 5.43 Å². The number of hydrogen-bond acceptors (Lipinski definition) is 6. The van der Waals surface area contributed by atoms with Crippen LogP contribution in [0.3, 0.4) is 0 Å². The van der Waals surface area contributed by atoms with Crippen LogP contribution in [0.15, 0.2) is 90.0 Å². The van der Waals surface area contributed by atoms with Crippen LogP contribution in [0, 0.1) is 0 Å². The molecule has 1 amide bonds. The largest absolute Gasteiger partial charge is 0.490 e. The van der Waals surface area contributed by atoms with E-state index >= 15 is 0 Å². The van der Waals surface area contributed by atoms with E-state index in [1.807, 2.05) is 62.4 Å². The predicted octanol–water partition coefficient (Wildman–Crippen LogP) is 7.71. The molecule has 0 aliphatic rings. The third-order valence-electron chi connectivity index (χ3n) is 5.75. The van der Waals surface area contributed by atoms with Crippen LogP contribution in [-0.4, -0.2) is 25.3 Å². The summed E-state index contributed by atoms with van der Waals surface area (Å²) in [6.07, 6.45) is 1.48. The SMILES string of the molecule is CCOc1cc(COc2c(Cl)cc(/C=N/NC(=O)c3ccc(Cl)cc3)cc2OCC)ccc1OCc1ccccc1. The van der Waals surface area contributed by atoms with Crippen molar-refractivity contribution in [3.8, 4) is 23.0 Å². The molecule has 0 spiro atoms. The molecule has 0 aliphatic carbocycles. The summed E-state index contributed by atoms with van der Waals surface area (Å²) in [5, 5.41) is 4.93. The summed E-state index contributed by atoms with van der Waals surface area (Å²) in [5.74, 6) is 1.78. The molecule has 4 aromatic carbocycles. The maximum Gasteiger partial charge on any atom is 0.271 e. The number of carbonyl (C=O) groups excluding carboxylic acids is 1. The third-order valence-corrected chi connectivity index (χ3v) is 6.28. The molecule has 0 aliphatic heterocycles. The number of ether oxygens (including phenoxy) is 4. The van der Waals surface area contributed by atoms with Gasteiger partial charge in [-0.2, -0.15) is 5.10 Å². The Morgan fingerprint density at radius 1 is 0.756 bits per heavy atom. The van der Waals surface area contributed by atoms with Crippen molar-refractivity contribution in [1.82, 2.24) is 5.43 Å². The Balaban J connectivity index is 1.43. The van der Waals surface area contributed by atoms with E-state index in [-0.39, 0.29) is 12.5 Å². The second-order valence-corrected chi connectivity index (χ2v) is 9.59. The van der Waals surface area contributed by atoms with Gasteiger partial charge in [-0.3, -0.25) is 4.79 Å². The first-order valence-corrected chi connectivity index (χ1v) is 13.8. The molecule has 0 saturated carbocycles. The van der Waals surface area contributed by atoms with Gasteiger partial charge in [0.25, 0.3) is 5.91 Å². The normalized spacial score (nSPS) is 10.8. The highest BCUT2D eigenvalue weighted by Crippen LogP contribution is 2.37. The lowest BCUT2D eigenvalue weighted by molar-refractivity contribution is 0.0955. The lowest BCUT2D eigenvalue weighted by Gasteiger charge is -2.16. The number of halogens is 2. The minimum absolute atomic E-state index is 0.226. The fourth-order valence-electron chi connectivity index (χ4n) is 3.82. The van der Waals surface area contributed by atoms with E-state index in [0.29, 0.717) is 64.0 Å². The molecule has 9 heteroatoms. The van der Waals surface area contributed by atoms with E-state index in [2.05, 4.69) is 10.5 Å². The quantitative estimate of drug-likeness (QED) is 0.127. The van der Waals surface area contributed by atoms with Crippen LogP contribution in [0.5, 0.6) is 23.0 Å². The average Bonchev–Trinajstić information content (AvgIpc) is 2.97. The number of nitrogens with zero attached hydrogens (tertiary/aromatic N) is 1. The summed E-state index contributed by atoms with van der Waals surface area (Å²) in [4.78, 5) is 12.3. The van der Waals surface area contributed by atoms with Crippen molar-refractivity contribution in [2.45, 2.75) is 27.1 Å². The van der Waals surface area contributed by atoms with E-state index in [9.17, 15) is 4.79 Å². The smallest absolute Gasteiger partial charge is 0.271 e. The second kappa shape index (κ2) is 15.0. The fraction of sp³-hybridized carbons (Fsp3) is 0.188. The zero-order valence-corrected chi connectivity index (χ0v) is 24.2. The van der Waals surface area contributed by atoms with Crippen LogP contribution in [0.2, 0.25) is 10.0 Å². The van der Waals surface area contributed by atoms with Crippen LogP contribution in [0.1, 0.15) is 40.9 Å². The van der Waals surface area contributed by atoms with Crippen LogP contribution >= 0.6 is 23.2 Å². The Morgan fingerprint density at radius 2 is 1.46 bits per heavy atom. The van der Waals surface area contributed by atoms with Crippen molar-refractivity contribution in [2.75, 3.05) is 13.2 Å². The van der Waals surface area contributed by atoms with Crippen LogP contribution in [-0.2, 0) is 13.2 Å². The monoisotopic (exact) mass is 592 g/mol. The molecule has 4 rings (SSSR count). The van der Waals surface area contributed by atoms with Crippen molar-refractivity contribution in [3.63, 3.8) is 0 Å². The van der Waals surface area contributed by atoms with Crippen LogP contribution < -0.4 is 24.4 Å². The lowest BCUT2D eigenvalue weighted by Crippen LogP contribution is -2.17. The van der Waals surface area contributed by atoms with Crippen molar-refractivity contribution in [2.24, 2.45) is 5.10 Å². The zero-order chi connectivity index (χ0) is 29.0. The van der Waals surface area contributed by atoms with Gasteiger partial charge in [-0.15, -0.1) is 0 Å². The molecule has 0 atom stereocenters. The highest BCUT2D eigenvalue weighted by atomic mass is 35.5. The Morgan fingerprint density at radius 3 is 2.20 bits per heavy atom. The fourth-order valence-corrected chi connectivity index (χ4v) is 4.22. The van der Waals surface area contributed by atoms with Gasteiger partial charge >= 0.3 is 0 Å². The van der Waals surface area contributed by atoms with Crippen molar-refractivity contribution in [1.29, 1.82) is 0 Å². The summed E-state index contributed by atoms with van der Waals surface area (Å²) in [5.41, 5.74) is 5.49. The first kappa shape index (κ1) is 29.8. The van der Waals surface area contributed by atoms with E-state index in [1.54, 1.807) is 36.4 Å². The Bertz CT molecular complexity index is 1480. The molecule has 4 aromatic rings. The topological polar surface area (TPSA) is 78.4 Å². The molecule has 0 heterocycles. The molecule has 212 valence electrons. The van der Waals surface area contributed by atoms with Gasteiger partial charge in [-0.1, -0.05) is 59.6 Å².